The van der Waals surface area contributed by atoms with Crippen molar-refractivity contribution in [1.29, 1.82) is 0 Å². The van der Waals surface area contributed by atoms with E-state index in [1.165, 1.54) is 4.57 Å². The van der Waals surface area contributed by atoms with Crippen LogP contribution in [0.4, 0.5) is 11.5 Å². The highest BCUT2D eigenvalue weighted by molar-refractivity contribution is 5.61. The largest absolute Gasteiger partial charge is 0.383 e. The number of hydrogen-bond acceptors (Lipinski definition) is 4. The first-order valence-corrected chi connectivity index (χ1v) is 6.48. The summed E-state index contributed by atoms with van der Waals surface area (Å²) in [5.41, 5.74) is 6.16. The summed E-state index contributed by atoms with van der Waals surface area (Å²) in [4.78, 5) is 25.7. The first-order chi connectivity index (χ1) is 9.54. The maximum Gasteiger partial charge on any atom is 0.330 e. The summed E-state index contributed by atoms with van der Waals surface area (Å²) in [5.74, 6) is 0.157. The van der Waals surface area contributed by atoms with E-state index in [-0.39, 0.29) is 17.5 Å². The highest BCUT2D eigenvalue weighted by Crippen LogP contribution is 2.19. The molecule has 0 saturated heterocycles. The summed E-state index contributed by atoms with van der Waals surface area (Å²) in [6.07, 6.45) is 0. The number of H-pyrrole nitrogens is 1. The van der Waals surface area contributed by atoms with Crippen LogP contribution in [0, 0.1) is 0 Å². The van der Waals surface area contributed by atoms with Crippen molar-refractivity contribution in [3.05, 3.63) is 56.7 Å². The van der Waals surface area contributed by atoms with Gasteiger partial charge in [-0.2, -0.15) is 0 Å². The fraction of sp³-hybridized carbons (Fsp3) is 0.286. The van der Waals surface area contributed by atoms with E-state index in [4.69, 9.17) is 5.73 Å². The molecule has 1 heterocycles. The van der Waals surface area contributed by atoms with E-state index < -0.39 is 11.2 Å². The standard InChI is InChI=1S/C14H18N4O2/c1-3-18-12(15)11(13(19)17-14(18)20)16-9(2)10-7-5-4-6-8-10/h4-9,16H,3,15H2,1-2H3,(H,17,19,20). The molecule has 4 N–H and O–H groups in total. The lowest BCUT2D eigenvalue weighted by Crippen LogP contribution is -2.34. The molecular formula is C14H18N4O2. The van der Waals surface area contributed by atoms with Gasteiger partial charge in [0.05, 0.1) is 0 Å². The van der Waals surface area contributed by atoms with E-state index in [9.17, 15) is 9.59 Å². The molecule has 0 aliphatic heterocycles. The minimum atomic E-state index is -0.500. The molecule has 0 spiro atoms. The second-order valence-electron chi connectivity index (χ2n) is 4.54. The molecule has 1 aromatic carbocycles. The van der Waals surface area contributed by atoms with Crippen LogP contribution in [-0.4, -0.2) is 9.55 Å². The van der Waals surface area contributed by atoms with Crippen LogP contribution in [0.5, 0.6) is 0 Å². The van der Waals surface area contributed by atoms with E-state index >= 15 is 0 Å². The van der Waals surface area contributed by atoms with Crippen molar-refractivity contribution in [2.24, 2.45) is 0 Å². The monoisotopic (exact) mass is 274 g/mol. The van der Waals surface area contributed by atoms with Crippen LogP contribution in [0.1, 0.15) is 25.5 Å². The van der Waals surface area contributed by atoms with Crippen LogP contribution in [0.25, 0.3) is 0 Å². The Bertz CT molecular complexity index is 703. The zero-order valence-electron chi connectivity index (χ0n) is 11.5. The van der Waals surface area contributed by atoms with Gasteiger partial charge in [-0.1, -0.05) is 30.3 Å². The first kappa shape index (κ1) is 13.9. The molecule has 0 fully saturated rings. The van der Waals surface area contributed by atoms with Gasteiger partial charge in [0.1, 0.15) is 11.5 Å². The highest BCUT2D eigenvalue weighted by atomic mass is 16.2. The molecule has 1 atom stereocenters. The normalized spacial score (nSPS) is 12.1. The molecule has 0 bridgehead atoms. The van der Waals surface area contributed by atoms with Crippen molar-refractivity contribution in [1.82, 2.24) is 9.55 Å². The third-order valence-electron chi connectivity index (χ3n) is 3.22. The van der Waals surface area contributed by atoms with Gasteiger partial charge in [-0.15, -0.1) is 0 Å². The van der Waals surface area contributed by atoms with Crippen LogP contribution in [0.15, 0.2) is 39.9 Å². The SMILES string of the molecule is CCn1c(N)c(NC(C)c2ccccc2)c(=O)[nH]c1=O. The van der Waals surface area contributed by atoms with E-state index in [0.717, 1.165) is 5.56 Å². The molecule has 0 saturated carbocycles. The Balaban J connectivity index is 2.40. The zero-order chi connectivity index (χ0) is 14.7. The van der Waals surface area contributed by atoms with E-state index in [0.29, 0.717) is 6.54 Å². The second-order valence-corrected chi connectivity index (χ2v) is 4.54. The molecule has 6 nitrogen and oxygen atoms in total. The van der Waals surface area contributed by atoms with Gasteiger partial charge in [0.15, 0.2) is 0 Å². The number of nitrogen functional groups attached to an aromatic ring is 1. The summed E-state index contributed by atoms with van der Waals surface area (Å²) in [7, 11) is 0. The lowest BCUT2D eigenvalue weighted by atomic mass is 10.1. The molecule has 20 heavy (non-hydrogen) atoms. The van der Waals surface area contributed by atoms with Crippen LogP contribution >= 0.6 is 0 Å². The van der Waals surface area contributed by atoms with Gasteiger partial charge in [0.2, 0.25) is 0 Å². The molecule has 1 aromatic heterocycles. The van der Waals surface area contributed by atoms with Gasteiger partial charge in [0, 0.05) is 12.6 Å². The van der Waals surface area contributed by atoms with Gasteiger partial charge in [-0.25, -0.2) is 4.79 Å². The van der Waals surface area contributed by atoms with Crippen molar-refractivity contribution < 1.29 is 0 Å². The number of hydrogen-bond donors (Lipinski definition) is 3. The first-order valence-electron chi connectivity index (χ1n) is 6.48. The lowest BCUT2D eigenvalue weighted by Gasteiger charge is -2.18. The number of aromatic amines is 1. The molecule has 106 valence electrons. The molecule has 0 aliphatic rings. The Hall–Kier alpha value is -2.50. The maximum atomic E-state index is 11.9. The summed E-state index contributed by atoms with van der Waals surface area (Å²) in [5, 5.41) is 3.07. The smallest absolute Gasteiger partial charge is 0.330 e. The number of aromatic nitrogens is 2. The van der Waals surface area contributed by atoms with Gasteiger partial charge < -0.3 is 11.1 Å². The second kappa shape index (κ2) is 5.64. The fourth-order valence-corrected chi connectivity index (χ4v) is 2.08. The van der Waals surface area contributed by atoms with Crippen LogP contribution in [-0.2, 0) is 6.54 Å². The Labute approximate surface area is 116 Å². The summed E-state index contributed by atoms with van der Waals surface area (Å²) in [6, 6.07) is 9.59. The Morgan fingerprint density at radius 1 is 1.30 bits per heavy atom. The Kier molecular flexibility index (Phi) is 3.93. The van der Waals surface area contributed by atoms with Crippen LogP contribution in [0.2, 0.25) is 0 Å². The van der Waals surface area contributed by atoms with Gasteiger partial charge in [-0.3, -0.25) is 14.3 Å². The quantitative estimate of drug-likeness (QED) is 0.783. The number of anilines is 2. The van der Waals surface area contributed by atoms with Crippen molar-refractivity contribution in [3.8, 4) is 0 Å². The van der Waals surface area contributed by atoms with Crippen LogP contribution < -0.4 is 22.3 Å². The fourth-order valence-electron chi connectivity index (χ4n) is 2.08. The Morgan fingerprint density at radius 3 is 2.55 bits per heavy atom. The average molecular weight is 274 g/mol. The molecule has 6 heteroatoms. The summed E-state index contributed by atoms with van der Waals surface area (Å²) in [6.45, 7) is 4.12. The van der Waals surface area contributed by atoms with E-state index in [2.05, 4.69) is 10.3 Å². The van der Waals surface area contributed by atoms with E-state index in [1.54, 1.807) is 6.92 Å². The third kappa shape index (κ3) is 2.59. The van der Waals surface area contributed by atoms with Gasteiger partial charge in [0.25, 0.3) is 5.56 Å². The predicted octanol–water partition coefficient (Wildman–Crippen LogP) is 1.31. The lowest BCUT2D eigenvalue weighted by molar-refractivity contribution is 0.703. The highest BCUT2D eigenvalue weighted by Gasteiger charge is 2.14. The molecule has 2 rings (SSSR count). The number of nitrogens with two attached hydrogens (primary N) is 1. The number of nitrogens with one attached hydrogen (secondary N) is 2. The third-order valence-corrected chi connectivity index (χ3v) is 3.22. The van der Waals surface area contributed by atoms with Crippen molar-refractivity contribution >= 4 is 11.5 Å². The molecule has 2 aromatic rings. The summed E-state index contributed by atoms with van der Waals surface area (Å²) < 4.78 is 1.32. The molecular weight excluding hydrogens is 256 g/mol. The van der Waals surface area contributed by atoms with Crippen molar-refractivity contribution in [2.45, 2.75) is 26.4 Å². The molecule has 1 unspecified atom stereocenters. The van der Waals surface area contributed by atoms with Crippen molar-refractivity contribution in [2.75, 3.05) is 11.1 Å². The molecule has 0 aliphatic carbocycles. The minimum Gasteiger partial charge on any atom is -0.383 e. The van der Waals surface area contributed by atoms with Crippen LogP contribution in [0.3, 0.4) is 0 Å². The number of rotatable bonds is 4. The zero-order valence-corrected chi connectivity index (χ0v) is 11.5. The average Bonchev–Trinajstić information content (AvgIpc) is 2.44. The number of benzene rings is 1. The number of nitrogens with zero attached hydrogens (tertiary/aromatic N) is 1. The maximum absolute atomic E-state index is 11.9. The molecule has 0 radical (unpaired) electrons. The Morgan fingerprint density at radius 2 is 1.95 bits per heavy atom. The molecule has 0 amide bonds. The van der Waals surface area contributed by atoms with E-state index in [1.807, 2.05) is 37.3 Å². The van der Waals surface area contributed by atoms with Crippen molar-refractivity contribution in [3.63, 3.8) is 0 Å². The topological polar surface area (TPSA) is 92.9 Å². The van der Waals surface area contributed by atoms with Gasteiger partial charge >= 0.3 is 5.69 Å². The summed E-state index contributed by atoms with van der Waals surface area (Å²) >= 11 is 0. The van der Waals surface area contributed by atoms with Gasteiger partial charge in [-0.05, 0) is 19.4 Å². The minimum absolute atomic E-state index is 0.0950. The predicted molar refractivity (Wildman–Crippen MR) is 79.9 cm³/mol.